The van der Waals surface area contributed by atoms with E-state index in [0.29, 0.717) is 13.0 Å². The summed E-state index contributed by atoms with van der Waals surface area (Å²) in [5, 5.41) is 20.6. The van der Waals surface area contributed by atoms with Crippen LogP contribution in [0.25, 0.3) is 0 Å². The van der Waals surface area contributed by atoms with Gasteiger partial charge in [-0.2, -0.15) is 0 Å². The highest BCUT2D eigenvalue weighted by Crippen LogP contribution is 2.49. The van der Waals surface area contributed by atoms with Crippen molar-refractivity contribution in [2.75, 3.05) is 19.8 Å². The Kier molecular flexibility index (Phi) is 3.87. The first-order chi connectivity index (χ1) is 8.60. The van der Waals surface area contributed by atoms with Crippen molar-refractivity contribution in [3.63, 3.8) is 0 Å². The number of aliphatic hydroxyl groups is 1. The summed E-state index contributed by atoms with van der Waals surface area (Å²) in [7, 11) is 0. The topological polar surface area (TPSA) is 95.9 Å². The lowest BCUT2D eigenvalue weighted by Gasteiger charge is -2.29. The van der Waals surface area contributed by atoms with Gasteiger partial charge in [-0.1, -0.05) is 0 Å². The lowest BCUT2D eigenvalue weighted by molar-refractivity contribution is -0.156. The summed E-state index contributed by atoms with van der Waals surface area (Å²) in [5.41, 5.74) is -1.08. The van der Waals surface area contributed by atoms with Gasteiger partial charge in [-0.3, -0.25) is 9.59 Å². The van der Waals surface area contributed by atoms with Crippen molar-refractivity contribution >= 4 is 11.9 Å². The Balaban J connectivity index is 2.06. The van der Waals surface area contributed by atoms with Gasteiger partial charge >= 0.3 is 5.97 Å². The number of ether oxygens (including phenoxy) is 1. The van der Waals surface area contributed by atoms with E-state index < -0.39 is 11.4 Å². The van der Waals surface area contributed by atoms with Crippen molar-refractivity contribution in [2.45, 2.75) is 31.8 Å². The molecule has 0 aromatic heterocycles. The average Bonchev–Trinajstić information content (AvgIpc) is 3.08. The Morgan fingerprint density at radius 3 is 2.67 bits per heavy atom. The fourth-order valence-corrected chi connectivity index (χ4v) is 2.69. The van der Waals surface area contributed by atoms with E-state index in [4.69, 9.17) is 9.84 Å². The van der Waals surface area contributed by atoms with E-state index in [2.05, 4.69) is 5.32 Å². The molecule has 6 nitrogen and oxygen atoms in total. The number of carbonyl (C=O) groups is 2. The van der Waals surface area contributed by atoms with Crippen LogP contribution in [0, 0.1) is 11.3 Å². The number of rotatable bonds is 6. The molecule has 18 heavy (non-hydrogen) atoms. The van der Waals surface area contributed by atoms with Crippen LogP contribution in [0.3, 0.4) is 0 Å². The number of hydrogen-bond donors (Lipinski definition) is 3. The molecular formula is C12H19NO5. The minimum absolute atomic E-state index is 0.0660. The summed E-state index contributed by atoms with van der Waals surface area (Å²) < 4.78 is 5.55. The molecule has 1 saturated carbocycles. The Hall–Kier alpha value is -1.14. The van der Waals surface area contributed by atoms with Crippen LogP contribution in [0.15, 0.2) is 0 Å². The highest BCUT2D eigenvalue weighted by molar-refractivity contribution is 5.85. The predicted molar refractivity (Wildman–Crippen MR) is 61.9 cm³/mol. The zero-order valence-electron chi connectivity index (χ0n) is 10.2. The fourth-order valence-electron chi connectivity index (χ4n) is 2.69. The summed E-state index contributed by atoms with van der Waals surface area (Å²) in [5.74, 6) is -0.993. The Labute approximate surface area is 105 Å². The molecule has 2 aliphatic rings. The second-order valence-corrected chi connectivity index (χ2v) is 5.09. The lowest BCUT2D eigenvalue weighted by Crippen LogP contribution is -2.44. The van der Waals surface area contributed by atoms with Crippen LogP contribution < -0.4 is 5.32 Å². The van der Waals surface area contributed by atoms with Crippen molar-refractivity contribution in [3.05, 3.63) is 0 Å². The minimum Gasteiger partial charge on any atom is -0.481 e. The fraction of sp³-hybridized carbons (Fsp3) is 0.833. The molecule has 102 valence electrons. The van der Waals surface area contributed by atoms with Gasteiger partial charge in [0, 0.05) is 19.6 Å². The molecule has 0 spiro atoms. The molecule has 2 rings (SSSR count). The molecule has 6 heteroatoms. The summed E-state index contributed by atoms with van der Waals surface area (Å²) in [4.78, 5) is 23.3. The first-order valence-corrected chi connectivity index (χ1v) is 6.33. The molecule has 0 aromatic rings. The zero-order valence-corrected chi connectivity index (χ0v) is 10.2. The molecule has 0 bridgehead atoms. The van der Waals surface area contributed by atoms with Crippen molar-refractivity contribution in [3.8, 4) is 0 Å². The maximum absolute atomic E-state index is 11.7. The number of aliphatic carboxylic acids is 1. The number of carboxylic acid groups (broad SMARTS) is 1. The van der Waals surface area contributed by atoms with Gasteiger partial charge in [0.25, 0.3) is 0 Å². The molecular weight excluding hydrogens is 238 g/mol. The van der Waals surface area contributed by atoms with Crippen LogP contribution in [-0.4, -0.2) is 48.0 Å². The molecule has 1 aliphatic carbocycles. The second-order valence-electron chi connectivity index (χ2n) is 5.09. The quantitative estimate of drug-likeness (QED) is 0.610. The number of amides is 1. The van der Waals surface area contributed by atoms with Gasteiger partial charge in [0.05, 0.1) is 12.7 Å². The molecule has 2 atom stereocenters. The van der Waals surface area contributed by atoms with Crippen LogP contribution in [0.2, 0.25) is 0 Å². The first kappa shape index (κ1) is 13.3. The number of nitrogens with one attached hydrogen (secondary N) is 1. The molecule has 1 amide bonds. The first-order valence-electron chi connectivity index (χ1n) is 6.33. The minimum atomic E-state index is -1.08. The van der Waals surface area contributed by atoms with E-state index in [9.17, 15) is 14.7 Å². The Morgan fingerprint density at radius 1 is 1.39 bits per heavy atom. The molecule has 2 unspecified atom stereocenters. The van der Waals surface area contributed by atoms with Gasteiger partial charge in [0.2, 0.25) is 5.91 Å². The molecule has 3 N–H and O–H groups in total. The van der Waals surface area contributed by atoms with Crippen molar-refractivity contribution in [1.29, 1.82) is 0 Å². The SMILES string of the molecule is O=C(CC1(C(=O)O)CCOC1C1CC1)NCCO. The molecule has 1 heterocycles. The van der Waals surface area contributed by atoms with Crippen molar-refractivity contribution in [1.82, 2.24) is 5.32 Å². The van der Waals surface area contributed by atoms with Gasteiger partial charge in [-0.25, -0.2) is 0 Å². The zero-order chi connectivity index (χ0) is 13.2. The largest absolute Gasteiger partial charge is 0.481 e. The maximum atomic E-state index is 11.7. The van der Waals surface area contributed by atoms with Crippen LogP contribution >= 0.6 is 0 Å². The van der Waals surface area contributed by atoms with Gasteiger partial charge in [-0.15, -0.1) is 0 Å². The van der Waals surface area contributed by atoms with Crippen molar-refractivity contribution in [2.24, 2.45) is 11.3 Å². The molecule has 1 aliphatic heterocycles. The van der Waals surface area contributed by atoms with Crippen LogP contribution in [0.5, 0.6) is 0 Å². The van der Waals surface area contributed by atoms with Gasteiger partial charge in [0.15, 0.2) is 0 Å². The summed E-state index contributed by atoms with van der Waals surface area (Å²) in [6.07, 6.45) is 1.95. The number of aliphatic hydroxyl groups excluding tert-OH is 1. The number of hydrogen-bond acceptors (Lipinski definition) is 4. The number of carboxylic acids is 1. The highest BCUT2D eigenvalue weighted by atomic mass is 16.5. The van der Waals surface area contributed by atoms with E-state index >= 15 is 0 Å². The van der Waals surface area contributed by atoms with Crippen molar-refractivity contribution < 1.29 is 24.5 Å². The smallest absolute Gasteiger partial charge is 0.312 e. The van der Waals surface area contributed by atoms with E-state index in [-0.39, 0.29) is 37.5 Å². The third kappa shape index (κ3) is 2.49. The van der Waals surface area contributed by atoms with E-state index in [0.717, 1.165) is 12.8 Å². The summed E-state index contributed by atoms with van der Waals surface area (Å²) >= 11 is 0. The predicted octanol–water partition coefficient (Wildman–Crippen LogP) is -0.245. The third-order valence-electron chi connectivity index (χ3n) is 3.78. The van der Waals surface area contributed by atoms with Crippen LogP contribution in [0.4, 0.5) is 0 Å². The Bertz CT molecular complexity index is 341. The summed E-state index contributed by atoms with van der Waals surface area (Å²) in [6.45, 7) is 0.415. The molecule has 0 radical (unpaired) electrons. The van der Waals surface area contributed by atoms with E-state index in [1.165, 1.54) is 0 Å². The summed E-state index contributed by atoms with van der Waals surface area (Å²) in [6, 6.07) is 0. The van der Waals surface area contributed by atoms with Gasteiger partial charge in [0.1, 0.15) is 5.41 Å². The monoisotopic (exact) mass is 257 g/mol. The van der Waals surface area contributed by atoms with E-state index in [1.54, 1.807) is 0 Å². The average molecular weight is 257 g/mol. The van der Waals surface area contributed by atoms with Crippen LogP contribution in [-0.2, 0) is 14.3 Å². The lowest BCUT2D eigenvalue weighted by atomic mass is 9.76. The van der Waals surface area contributed by atoms with Gasteiger partial charge < -0.3 is 20.3 Å². The van der Waals surface area contributed by atoms with Gasteiger partial charge in [-0.05, 0) is 25.2 Å². The van der Waals surface area contributed by atoms with Crippen LogP contribution in [0.1, 0.15) is 25.7 Å². The standard InChI is InChI=1S/C12H19NO5/c14-5-4-13-9(15)7-12(11(16)17)3-6-18-10(12)8-1-2-8/h8,10,14H,1-7H2,(H,13,15)(H,16,17). The normalized spacial score (nSPS) is 31.3. The highest BCUT2D eigenvalue weighted by Gasteiger charge is 2.56. The molecule has 2 fully saturated rings. The number of carbonyl (C=O) groups excluding carboxylic acids is 1. The Morgan fingerprint density at radius 2 is 2.11 bits per heavy atom. The molecule has 1 saturated heterocycles. The maximum Gasteiger partial charge on any atom is 0.312 e. The molecule has 0 aromatic carbocycles. The van der Waals surface area contributed by atoms with E-state index in [1.807, 2.05) is 0 Å². The third-order valence-corrected chi connectivity index (χ3v) is 3.78. The second kappa shape index (κ2) is 5.24.